The lowest BCUT2D eigenvalue weighted by atomic mass is 9.87. The Labute approximate surface area is 133 Å². The van der Waals surface area contributed by atoms with E-state index in [0.29, 0.717) is 5.56 Å². The fraction of sp³-hybridized carbons (Fsp3) is 0.400. The van der Waals surface area contributed by atoms with Gasteiger partial charge in [0.15, 0.2) is 0 Å². The summed E-state index contributed by atoms with van der Waals surface area (Å²) in [6.45, 7) is 10.5. The van der Waals surface area contributed by atoms with Crippen LogP contribution in [-0.4, -0.2) is 7.11 Å². The molecule has 0 atom stereocenters. The van der Waals surface area contributed by atoms with E-state index in [1.807, 2.05) is 38.1 Å². The van der Waals surface area contributed by atoms with Crippen LogP contribution in [-0.2, 0) is 6.42 Å². The van der Waals surface area contributed by atoms with Crippen molar-refractivity contribution in [1.82, 2.24) is 0 Å². The fourth-order valence-electron chi connectivity index (χ4n) is 2.84. The van der Waals surface area contributed by atoms with Gasteiger partial charge in [0.2, 0.25) is 0 Å². The highest BCUT2D eigenvalue weighted by Crippen LogP contribution is 2.33. The molecule has 0 saturated heterocycles. The third kappa shape index (κ3) is 3.68. The molecule has 0 fully saturated rings. The summed E-state index contributed by atoms with van der Waals surface area (Å²) >= 11 is 0. The number of benzene rings is 2. The van der Waals surface area contributed by atoms with Crippen molar-refractivity contribution in [3.63, 3.8) is 0 Å². The van der Waals surface area contributed by atoms with Crippen LogP contribution >= 0.6 is 0 Å². The summed E-state index contributed by atoms with van der Waals surface area (Å²) in [4.78, 5) is 0. The number of halogens is 1. The van der Waals surface area contributed by atoms with Gasteiger partial charge in [-0.25, -0.2) is 4.39 Å². The Morgan fingerprint density at radius 2 is 1.64 bits per heavy atom. The molecular formula is C20H25FO. The van der Waals surface area contributed by atoms with Gasteiger partial charge in [0.25, 0.3) is 0 Å². The standard InChI is InChI=1S/C20H25FO/c1-13-9-14(2)19(22-6)11-17(13)16-8-7-15(10-18(16)21)12-20(3,4)5/h7-11H,12H2,1-6H3. The Hall–Kier alpha value is -1.83. The molecule has 1 nitrogen and oxygen atoms in total. The SMILES string of the molecule is COc1cc(-c2ccc(CC(C)(C)C)cc2F)c(C)cc1C. The topological polar surface area (TPSA) is 9.23 Å². The number of ether oxygens (including phenoxy) is 1. The second-order valence-corrected chi connectivity index (χ2v) is 7.19. The van der Waals surface area contributed by atoms with Gasteiger partial charge in [-0.05, 0) is 60.1 Å². The number of hydrogen-bond acceptors (Lipinski definition) is 1. The largest absolute Gasteiger partial charge is 0.496 e. The Kier molecular flexibility index (Phi) is 4.60. The Bertz CT molecular complexity index is 681. The van der Waals surface area contributed by atoms with Gasteiger partial charge in [0.1, 0.15) is 11.6 Å². The molecular weight excluding hydrogens is 275 g/mol. The Morgan fingerprint density at radius 1 is 0.955 bits per heavy atom. The average molecular weight is 300 g/mol. The predicted molar refractivity (Wildman–Crippen MR) is 91.0 cm³/mol. The van der Waals surface area contributed by atoms with Crippen LogP contribution in [0.4, 0.5) is 4.39 Å². The summed E-state index contributed by atoms with van der Waals surface area (Å²) in [5, 5.41) is 0. The van der Waals surface area contributed by atoms with E-state index in [4.69, 9.17) is 4.74 Å². The molecule has 0 aliphatic heterocycles. The summed E-state index contributed by atoms with van der Waals surface area (Å²) in [5.41, 5.74) is 4.83. The highest BCUT2D eigenvalue weighted by molar-refractivity contribution is 5.70. The van der Waals surface area contributed by atoms with E-state index in [0.717, 1.165) is 34.4 Å². The predicted octanol–water partition coefficient (Wildman–Crippen LogP) is 5.71. The van der Waals surface area contributed by atoms with Gasteiger partial charge < -0.3 is 4.74 Å². The van der Waals surface area contributed by atoms with Crippen LogP contribution in [0.2, 0.25) is 0 Å². The van der Waals surface area contributed by atoms with E-state index in [2.05, 4.69) is 20.8 Å². The normalized spacial score (nSPS) is 11.6. The van der Waals surface area contributed by atoms with E-state index in [1.54, 1.807) is 13.2 Å². The zero-order valence-electron chi connectivity index (χ0n) is 14.4. The molecule has 2 aromatic carbocycles. The molecule has 0 spiro atoms. The summed E-state index contributed by atoms with van der Waals surface area (Å²) in [6.07, 6.45) is 0.862. The van der Waals surface area contributed by atoms with Gasteiger partial charge >= 0.3 is 0 Å². The lowest BCUT2D eigenvalue weighted by Gasteiger charge is -2.19. The molecule has 0 amide bonds. The molecule has 0 radical (unpaired) electrons. The van der Waals surface area contributed by atoms with Crippen molar-refractivity contribution in [2.45, 2.75) is 41.0 Å². The molecule has 2 rings (SSSR count). The first-order valence-corrected chi connectivity index (χ1v) is 7.65. The van der Waals surface area contributed by atoms with E-state index >= 15 is 0 Å². The summed E-state index contributed by atoms with van der Waals surface area (Å²) in [7, 11) is 1.64. The third-order valence-electron chi connectivity index (χ3n) is 3.80. The summed E-state index contributed by atoms with van der Waals surface area (Å²) < 4.78 is 20.0. The second kappa shape index (κ2) is 6.12. The lowest BCUT2D eigenvalue weighted by Crippen LogP contribution is -2.09. The first-order valence-electron chi connectivity index (χ1n) is 7.65. The maximum atomic E-state index is 14.6. The van der Waals surface area contributed by atoms with Crippen molar-refractivity contribution in [2.24, 2.45) is 5.41 Å². The molecule has 0 N–H and O–H groups in total. The van der Waals surface area contributed by atoms with Crippen LogP contribution in [0.25, 0.3) is 11.1 Å². The molecule has 118 valence electrons. The summed E-state index contributed by atoms with van der Waals surface area (Å²) in [5.74, 6) is 0.620. The van der Waals surface area contributed by atoms with E-state index < -0.39 is 0 Å². The van der Waals surface area contributed by atoms with Gasteiger partial charge in [-0.2, -0.15) is 0 Å². The molecule has 0 aromatic heterocycles. The zero-order valence-corrected chi connectivity index (χ0v) is 14.4. The fourth-order valence-corrected chi connectivity index (χ4v) is 2.84. The van der Waals surface area contributed by atoms with Crippen LogP contribution in [0, 0.1) is 25.1 Å². The van der Waals surface area contributed by atoms with E-state index in [9.17, 15) is 4.39 Å². The van der Waals surface area contributed by atoms with E-state index in [-0.39, 0.29) is 11.2 Å². The van der Waals surface area contributed by atoms with E-state index in [1.165, 1.54) is 0 Å². The van der Waals surface area contributed by atoms with Crippen molar-refractivity contribution in [3.8, 4) is 16.9 Å². The molecule has 0 unspecified atom stereocenters. The number of aryl methyl sites for hydroxylation is 2. The number of hydrogen-bond donors (Lipinski definition) is 0. The second-order valence-electron chi connectivity index (χ2n) is 7.19. The van der Waals surface area contributed by atoms with Gasteiger partial charge in [0.05, 0.1) is 7.11 Å². The highest BCUT2D eigenvalue weighted by Gasteiger charge is 2.15. The van der Waals surface area contributed by atoms with Crippen LogP contribution in [0.15, 0.2) is 30.3 Å². The monoisotopic (exact) mass is 300 g/mol. The number of methoxy groups -OCH3 is 1. The van der Waals surface area contributed by atoms with Gasteiger partial charge in [-0.1, -0.05) is 39.0 Å². The Morgan fingerprint density at radius 3 is 2.18 bits per heavy atom. The van der Waals surface area contributed by atoms with Crippen molar-refractivity contribution in [2.75, 3.05) is 7.11 Å². The molecule has 2 aromatic rings. The van der Waals surface area contributed by atoms with Crippen LogP contribution in [0.1, 0.15) is 37.5 Å². The maximum Gasteiger partial charge on any atom is 0.131 e. The minimum atomic E-state index is -0.171. The molecule has 0 aliphatic rings. The smallest absolute Gasteiger partial charge is 0.131 e. The zero-order chi connectivity index (χ0) is 16.5. The first-order chi connectivity index (χ1) is 10.2. The molecule has 0 saturated carbocycles. The van der Waals surface area contributed by atoms with Crippen molar-refractivity contribution in [3.05, 3.63) is 52.8 Å². The molecule has 2 heteroatoms. The average Bonchev–Trinajstić information content (AvgIpc) is 2.38. The molecule has 22 heavy (non-hydrogen) atoms. The van der Waals surface area contributed by atoms with Gasteiger partial charge in [0, 0.05) is 5.56 Å². The van der Waals surface area contributed by atoms with Crippen LogP contribution in [0.5, 0.6) is 5.75 Å². The van der Waals surface area contributed by atoms with Crippen molar-refractivity contribution in [1.29, 1.82) is 0 Å². The minimum absolute atomic E-state index is 0.150. The van der Waals surface area contributed by atoms with Crippen LogP contribution in [0.3, 0.4) is 0 Å². The van der Waals surface area contributed by atoms with Crippen molar-refractivity contribution < 1.29 is 9.13 Å². The third-order valence-corrected chi connectivity index (χ3v) is 3.80. The van der Waals surface area contributed by atoms with Gasteiger partial charge in [-0.15, -0.1) is 0 Å². The minimum Gasteiger partial charge on any atom is -0.496 e. The highest BCUT2D eigenvalue weighted by atomic mass is 19.1. The lowest BCUT2D eigenvalue weighted by molar-refractivity contribution is 0.410. The van der Waals surface area contributed by atoms with Crippen LogP contribution < -0.4 is 4.74 Å². The van der Waals surface area contributed by atoms with Crippen molar-refractivity contribution >= 4 is 0 Å². The maximum absolute atomic E-state index is 14.6. The number of rotatable bonds is 3. The molecule has 0 bridgehead atoms. The first kappa shape index (κ1) is 16.5. The summed E-state index contributed by atoms with van der Waals surface area (Å²) in [6, 6.07) is 9.53. The Balaban J connectivity index is 2.46. The van der Waals surface area contributed by atoms with Gasteiger partial charge in [-0.3, -0.25) is 0 Å². The molecule has 0 heterocycles. The quantitative estimate of drug-likeness (QED) is 0.705. The molecule has 0 aliphatic carbocycles.